The van der Waals surface area contributed by atoms with E-state index in [9.17, 15) is 4.57 Å². The highest BCUT2D eigenvalue weighted by Crippen LogP contribution is 2.34. The zero-order valence-electron chi connectivity index (χ0n) is 5.65. The molecule has 0 amide bonds. The van der Waals surface area contributed by atoms with E-state index in [1.807, 2.05) is 0 Å². The third-order valence-corrected chi connectivity index (χ3v) is 1.20. The second-order valence-corrected chi connectivity index (χ2v) is 2.90. The average Bonchev–Trinajstić information content (AvgIpc) is 1.78. The third-order valence-electron chi connectivity index (χ3n) is 0.677. The SMILES string of the molecule is N=C(N)NCCOP(=O)(O)O. The van der Waals surface area contributed by atoms with Gasteiger partial charge in [0.05, 0.1) is 6.61 Å². The van der Waals surface area contributed by atoms with E-state index in [0.29, 0.717) is 0 Å². The van der Waals surface area contributed by atoms with E-state index in [-0.39, 0.29) is 19.1 Å². The first-order valence-electron chi connectivity index (χ1n) is 2.70. The lowest BCUT2D eigenvalue weighted by Crippen LogP contribution is -2.32. The van der Waals surface area contributed by atoms with Gasteiger partial charge in [0.1, 0.15) is 0 Å². The number of nitrogens with one attached hydrogen (secondary N) is 2. The Morgan fingerprint density at radius 1 is 1.73 bits per heavy atom. The number of nitrogens with two attached hydrogens (primary N) is 1. The van der Waals surface area contributed by atoms with Crippen LogP contribution in [0, 0.1) is 5.41 Å². The van der Waals surface area contributed by atoms with Crippen molar-refractivity contribution in [1.82, 2.24) is 5.32 Å². The molecule has 0 atom stereocenters. The van der Waals surface area contributed by atoms with Crippen molar-refractivity contribution in [2.75, 3.05) is 13.2 Å². The zero-order chi connectivity index (χ0) is 8.91. The Morgan fingerprint density at radius 3 is 2.64 bits per heavy atom. The van der Waals surface area contributed by atoms with E-state index >= 15 is 0 Å². The molecule has 0 aromatic rings. The molecule has 0 aliphatic carbocycles. The molecule has 0 unspecified atom stereocenters. The Labute approximate surface area is 63.3 Å². The van der Waals surface area contributed by atoms with E-state index in [1.165, 1.54) is 0 Å². The lowest BCUT2D eigenvalue weighted by Gasteiger charge is -2.05. The van der Waals surface area contributed by atoms with Gasteiger partial charge >= 0.3 is 7.82 Å². The summed E-state index contributed by atoms with van der Waals surface area (Å²) in [5.74, 6) is -0.265. The first kappa shape index (κ1) is 10.4. The van der Waals surface area contributed by atoms with Crippen molar-refractivity contribution < 1.29 is 18.9 Å². The maximum Gasteiger partial charge on any atom is 0.469 e. The van der Waals surface area contributed by atoms with E-state index in [0.717, 1.165) is 0 Å². The van der Waals surface area contributed by atoms with Gasteiger partial charge in [-0.2, -0.15) is 0 Å². The van der Waals surface area contributed by atoms with Gasteiger partial charge in [-0.15, -0.1) is 0 Å². The molecular formula is C3H10N3O4P. The van der Waals surface area contributed by atoms with Gasteiger partial charge in [-0.3, -0.25) is 9.93 Å². The second-order valence-electron chi connectivity index (χ2n) is 1.66. The number of hydrogen-bond acceptors (Lipinski definition) is 3. The second kappa shape index (κ2) is 4.30. The van der Waals surface area contributed by atoms with Crippen molar-refractivity contribution >= 4 is 13.8 Å². The Balaban J connectivity index is 3.29. The van der Waals surface area contributed by atoms with E-state index < -0.39 is 7.82 Å². The van der Waals surface area contributed by atoms with Crippen molar-refractivity contribution in [2.24, 2.45) is 5.73 Å². The summed E-state index contributed by atoms with van der Waals surface area (Å²) in [4.78, 5) is 16.3. The van der Waals surface area contributed by atoms with Crippen LogP contribution < -0.4 is 11.1 Å². The van der Waals surface area contributed by atoms with Crippen molar-refractivity contribution in [1.29, 1.82) is 5.41 Å². The molecule has 0 heterocycles. The smallest absolute Gasteiger partial charge is 0.370 e. The number of rotatable bonds is 4. The summed E-state index contributed by atoms with van der Waals surface area (Å²) in [6.45, 7) is -0.0930. The first-order valence-corrected chi connectivity index (χ1v) is 4.23. The Bertz CT molecular complexity index is 177. The fourth-order valence-electron chi connectivity index (χ4n) is 0.350. The molecule has 0 saturated heterocycles. The lowest BCUT2D eigenvalue weighted by molar-refractivity contribution is 0.200. The summed E-state index contributed by atoms with van der Waals surface area (Å²) in [7, 11) is -4.38. The maximum atomic E-state index is 10.0. The van der Waals surface area contributed by atoms with Crippen LogP contribution in [0.15, 0.2) is 0 Å². The number of phosphoric acid groups is 1. The standard InChI is InChI=1S/C3H10N3O4P/c4-3(5)6-1-2-10-11(7,8)9/h1-2H2,(H4,4,5,6)(H2,7,8,9). The molecule has 66 valence electrons. The Kier molecular flexibility index (Phi) is 4.06. The molecule has 6 N–H and O–H groups in total. The summed E-state index contributed by atoms with van der Waals surface area (Å²) in [5, 5.41) is 8.96. The molecule has 0 saturated carbocycles. The summed E-state index contributed by atoms with van der Waals surface area (Å²) in [5.41, 5.74) is 4.86. The molecule has 0 aliphatic heterocycles. The van der Waals surface area contributed by atoms with Crippen LogP contribution in [0.5, 0.6) is 0 Å². The highest BCUT2D eigenvalue weighted by Gasteiger charge is 2.12. The molecule has 0 bridgehead atoms. The fourth-order valence-corrected chi connectivity index (χ4v) is 0.679. The fraction of sp³-hybridized carbons (Fsp3) is 0.667. The van der Waals surface area contributed by atoms with Crippen LogP contribution in [-0.4, -0.2) is 28.9 Å². The highest BCUT2D eigenvalue weighted by molar-refractivity contribution is 7.46. The molecule has 0 aromatic carbocycles. The summed E-state index contributed by atoms with van der Waals surface area (Å²) in [6, 6.07) is 0. The minimum Gasteiger partial charge on any atom is -0.370 e. The van der Waals surface area contributed by atoms with Gasteiger partial charge in [0.2, 0.25) is 0 Å². The summed E-state index contributed by atoms with van der Waals surface area (Å²) in [6.07, 6.45) is 0. The van der Waals surface area contributed by atoms with Crippen molar-refractivity contribution in [3.8, 4) is 0 Å². The Hall–Kier alpha value is -0.620. The molecule has 0 aromatic heterocycles. The quantitative estimate of drug-likeness (QED) is 0.157. The topological polar surface area (TPSA) is 129 Å². The van der Waals surface area contributed by atoms with Gasteiger partial charge in [-0.25, -0.2) is 4.57 Å². The number of phosphoric ester groups is 1. The third kappa shape index (κ3) is 9.38. The van der Waals surface area contributed by atoms with Gasteiger partial charge in [-0.05, 0) is 0 Å². The van der Waals surface area contributed by atoms with Crippen molar-refractivity contribution in [2.45, 2.75) is 0 Å². The molecule has 0 radical (unpaired) electrons. The molecule has 11 heavy (non-hydrogen) atoms. The lowest BCUT2D eigenvalue weighted by atomic mass is 10.7. The summed E-state index contributed by atoms with van der Waals surface area (Å²) < 4.78 is 14.1. The number of hydrogen-bond donors (Lipinski definition) is 5. The minimum atomic E-state index is -4.38. The van der Waals surface area contributed by atoms with Crippen LogP contribution >= 0.6 is 7.82 Å². The van der Waals surface area contributed by atoms with Crippen LogP contribution in [0.4, 0.5) is 0 Å². The maximum absolute atomic E-state index is 10.0. The first-order chi connectivity index (χ1) is 4.92. The number of guanidine groups is 1. The van der Waals surface area contributed by atoms with Gasteiger partial charge in [0.25, 0.3) is 0 Å². The largest absolute Gasteiger partial charge is 0.469 e. The van der Waals surface area contributed by atoms with Gasteiger partial charge in [0, 0.05) is 6.54 Å². The van der Waals surface area contributed by atoms with Crippen LogP contribution in [0.2, 0.25) is 0 Å². The van der Waals surface area contributed by atoms with E-state index in [1.54, 1.807) is 0 Å². The van der Waals surface area contributed by atoms with Crippen LogP contribution in [0.1, 0.15) is 0 Å². The predicted molar refractivity (Wildman–Crippen MR) is 37.9 cm³/mol. The summed E-state index contributed by atoms with van der Waals surface area (Å²) >= 11 is 0. The molecule has 0 aliphatic rings. The van der Waals surface area contributed by atoms with Crippen LogP contribution in [0.25, 0.3) is 0 Å². The Morgan fingerprint density at radius 2 is 2.27 bits per heavy atom. The van der Waals surface area contributed by atoms with E-state index in [2.05, 4.69) is 9.84 Å². The van der Waals surface area contributed by atoms with E-state index in [4.69, 9.17) is 20.9 Å². The average molecular weight is 183 g/mol. The van der Waals surface area contributed by atoms with Gasteiger partial charge in [-0.1, -0.05) is 0 Å². The molecule has 0 fully saturated rings. The molecule has 0 rings (SSSR count). The van der Waals surface area contributed by atoms with Crippen LogP contribution in [-0.2, 0) is 9.09 Å². The highest BCUT2D eigenvalue weighted by atomic mass is 31.2. The van der Waals surface area contributed by atoms with Gasteiger partial charge in [0.15, 0.2) is 5.96 Å². The zero-order valence-corrected chi connectivity index (χ0v) is 6.54. The van der Waals surface area contributed by atoms with Gasteiger partial charge < -0.3 is 20.8 Å². The normalized spacial score (nSPS) is 11.1. The molecule has 7 nitrogen and oxygen atoms in total. The molecule has 8 heteroatoms. The monoisotopic (exact) mass is 183 g/mol. The van der Waals surface area contributed by atoms with Crippen LogP contribution in [0.3, 0.4) is 0 Å². The van der Waals surface area contributed by atoms with Crippen molar-refractivity contribution in [3.63, 3.8) is 0 Å². The molecule has 0 spiro atoms. The van der Waals surface area contributed by atoms with Crippen molar-refractivity contribution in [3.05, 3.63) is 0 Å². The predicted octanol–water partition coefficient (Wildman–Crippen LogP) is -1.42. The minimum absolute atomic E-state index is 0.0977. The molecular weight excluding hydrogens is 173 g/mol.